The number of methoxy groups -OCH3 is 1. The third-order valence-corrected chi connectivity index (χ3v) is 7.83. The molecule has 1 aliphatic rings. The van der Waals surface area contributed by atoms with Crippen molar-refractivity contribution in [1.29, 1.82) is 0 Å². The molecule has 0 radical (unpaired) electrons. The van der Waals surface area contributed by atoms with E-state index in [-0.39, 0.29) is 36.6 Å². The number of halogens is 3. The van der Waals surface area contributed by atoms with Crippen molar-refractivity contribution in [2.24, 2.45) is 0 Å². The summed E-state index contributed by atoms with van der Waals surface area (Å²) in [5.74, 6) is -0.712. The van der Waals surface area contributed by atoms with Crippen LogP contribution in [0.15, 0.2) is 53.9 Å². The lowest BCUT2D eigenvalue weighted by Gasteiger charge is -2.38. The van der Waals surface area contributed by atoms with Gasteiger partial charge in [-0.2, -0.15) is 0 Å². The van der Waals surface area contributed by atoms with E-state index in [1.54, 1.807) is 52.5 Å². The van der Waals surface area contributed by atoms with Crippen LogP contribution in [0, 0.1) is 5.82 Å². The van der Waals surface area contributed by atoms with Crippen LogP contribution in [0.2, 0.25) is 10.0 Å². The molecule has 2 amide bonds. The first-order chi connectivity index (χ1) is 17.4. The third-order valence-electron chi connectivity index (χ3n) is 6.27. The van der Waals surface area contributed by atoms with Gasteiger partial charge in [-0.1, -0.05) is 41.4 Å². The van der Waals surface area contributed by atoms with Gasteiger partial charge in [0.2, 0.25) is 11.8 Å². The zero-order valence-electron chi connectivity index (χ0n) is 19.9. The fraction of sp³-hybridized carbons (Fsp3) is 0.333. The Balaban J connectivity index is 1.57. The zero-order chi connectivity index (χ0) is 25.7. The molecule has 0 bridgehead atoms. The van der Waals surface area contributed by atoms with E-state index in [0.29, 0.717) is 41.7 Å². The molecule has 190 valence electrons. The fourth-order valence-corrected chi connectivity index (χ4v) is 5.89. The van der Waals surface area contributed by atoms with Crippen LogP contribution in [-0.4, -0.2) is 55.0 Å². The number of nitrogens with zero attached hydrogens (tertiary/aromatic N) is 2. The van der Waals surface area contributed by atoms with Gasteiger partial charge in [0.25, 0.3) is 0 Å². The van der Waals surface area contributed by atoms with Crippen LogP contribution < -0.4 is 0 Å². The number of carbonyl (C=O) groups is 2. The summed E-state index contributed by atoms with van der Waals surface area (Å²) in [6, 6.07) is 12.8. The second kappa shape index (κ2) is 12.2. The second-order valence-electron chi connectivity index (χ2n) is 8.67. The van der Waals surface area contributed by atoms with Crippen LogP contribution in [0.4, 0.5) is 4.39 Å². The Morgan fingerprint density at radius 2 is 1.92 bits per heavy atom. The smallest absolute Gasteiger partial charge is 0.242 e. The fourth-order valence-electron chi connectivity index (χ4n) is 4.48. The maximum Gasteiger partial charge on any atom is 0.242 e. The lowest BCUT2D eigenvalue weighted by Crippen LogP contribution is -2.47. The number of rotatable bonds is 9. The number of carbonyl (C=O) groups excluding carboxylic acids is 2. The Kier molecular flexibility index (Phi) is 9.01. The maximum atomic E-state index is 13.7. The van der Waals surface area contributed by atoms with Gasteiger partial charge in [0.05, 0.1) is 19.0 Å². The van der Waals surface area contributed by atoms with Gasteiger partial charge < -0.3 is 14.5 Å². The van der Waals surface area contributed by atoms with E-state index >= 15 is 0 Å². The summed E-state index contributed by atoms with van der Waals surface area (Å²) in [7, 11) is 1.60. The summed E-state index contributed by atoms with van der Waals surface area (Å²) >= 11 is 14.4. The van der Waals surface area contributed by atoms with Gasteiger partial charge in [0.15, 0.2) is 0 Å². The molecular weight excluding hydrogens is 522 g/mol. The summed E-state index contributed by atoms with van der Waals surface area (Å²) in [5, 5.41) is 3.05. The Bertz CT molecular complexity index is 1220. The van der Waals surface area contributed by atoms with Crippen LogP contribution in [0.3, 0.4) is 0 Å². The quantitative estimate of drug-likeness (QED) is 0.318. The second-order valence-corrected chi connectivity index (χ2v) is 10.5. The standard InChI is InChI=1S/C27H27Cl2FN2O3S/c1-35-13-2-11-31(25(33)15-18-3-6-20(30)7-4-18)17-26(34)32-12-9-24-22(10-14-36-24)27(32)21-8-5-19(28)16-23(21)29/h3-8,10,14,16,27H,2,9,11-13,15,17H2,1H3. The number of thiophene rings is 1. The van der Waals surface area contributed by atoms with Crippen molar-refractivity contribution in [3.05, 3.63) is 91.3 Å². The first-order valence-electron chi connectivity index (χ1n) is 11.7. The van der Waals surface area contributed by atoms with Gasteiger partial charge in [0.1, 0.15) is 5.82 Å². The normalized spacial score (nSPS) is 15.0. The van der Waals surface area contributed by atoms with Gasteiger partial charge >= 0.3 is 0 Å². The minimum absolute atomic E-state index is 0.0646. The molecule has 1 atom stereocenters. The number of ether oxygens (including phenoxy) is 1. The van der Waals surface area contributed by atoms with Crippen molar-refractivity contribution in [2.75, 3.05) is 33.4 Å². The highest BCUT2D eigenvalue weighted by Crippen LogP contribution is 2.41. The molecular formula is C27H27Cl2FN2O3S. The maximum absolute atomic E-state index is 13.7. The Labute approximate surface area is 224 Å². The van der Waals surface area contributed by atoms with Crippen molar-refractivity contribution >= 4 is 46.4 Å². The summed E-state index contributed by atoms with van der Waals surface area (Å²) in [6.07, 6.45) is 1.43. The minimum Gasteiger partial charge on any atom is -0.385 e. The van der Waals surface area contributed by atoms with Crippen molar-refractivity contribution in [3.8, 4) is 0 Å². The lowest BCUT2D eigenvalue weighted by atomic mass is 9.93. The van der Waals surface area contributed by atoms with Crippen molar-refractivity contribution < 1.29 is 18.7 Å². The first-order valence-corrected chi connectivity index (χ1v) is 13.3. The van der Waals surface area contributed by atoms with E-state index in [9.17, 15) is 14.0 Å². The number of hydrogen-bond donors (Lipinski definition) is 0. The number of benzene rings is 2. The predicted octanol–water partition coefficient (Wildman–Crippen LogP) is 5.78. The highest BCUT2D eigenvalue weighted by atomic mass is 35.5. The molecule has 0 saturated carbocycles. The van der Waals surface area contributed by atoms with Gasteiger partial charge in [-0.3, -0.25) is 9.59 Å². The molecule has 4 rings (SSSR count). The molecule has 0 saturated heterocycles. The first kappa shape index (κ1) is 26.6. The van der Waals surface area contributed by atoms with Crippen molar-refractivity contribution in [2.45, 2.75) is 25.3 Å². The van der Waals surface area contributed by atoms with Crippen LogP contribution in [0.5, 0.6) is 0 Å². The summed E-state index contributed by atoms with van der Waals surface area (Å²) in [5.41, 5.74) is 2.54. The van der Waals surface area contributed by atoms with E-state index in [1.807, 2.05) is 17.5 Å². The average Bonchev–Trinajstić information content (AvgIpc) is 3.33. The Hall–Kier alpha value is -2.45. The summed E-state index contributed by atoms with van der Waals surface area (Å²) in [4.78, 5) is 31.5. The Morgan fingerprint density at radius 3 is 2.64 bits per heavy atom. The molecule has 0 fully saturated rings. The Morgan fingerprint density at radius 1 is 1.14 bits per heavy atom. The van der Waals surface area contributed by atoms with E-state index in [0.717, 1.165) is 17.5 Å². The predicted molar refractivity (Wildman–Crippen MR) is 141 cm³/mol. The van der Waals surface area contributed by atoms with E-state index in [2.05, 4.69) is 0 Å². The molecule has 2 aromatic carbocycles. The number of fused-ring (bicyclic) bond motifs is 1. The SMILES string of the molecule is COCCCN(CC(=O)N1CCc2sccc2C1c1ccc(Cl)cc1Cl)C(=O)Cc1ccc(F)cc1. The molecule has 9 heteroatoms. The molecule has 1 unspecified atom stereocenters. The van der Waals surface area contributed by atoms with E-state index in [4.69, 9.17) is 27.9 Å². The van der Waals surface area contributed by atoms with Gasteiger partial charge in [-0.15, -0.1) is 11.3 Å². The average molecular weight is 549 g/mol. The monoisotopic (exact) mass is 548 g/mol. The lowest BCUT2D eigenvalue weighted by molar-refractivity contribution is -0.141. The summed E-state index contributed by atoms with van der Waals surface area (Å²) in [6.45, 7) is 1.31. The van der Waals surface area contributed by atoms with Gasteiger partial charge in [-0.05, 0) is 65.2 Å². The molecule has 1 aliphatic heterocycles. The molecule has 2 heterocycles. The topological polar surface area (TPSA) is 49.9 Å². The molecule has 1 aromatic heterocycles. The van der Waals surface area contributed by atoms with Crippen LogP contribution in [-0.2, 0) is 27.2 Å². The highest BCUT2D eigenvalue weighted by molar-refractivity contribution is 7.10. The van der Waals surface area contributed by atoms with Crippen LogP contribution >= 0.6 is 34.5 Å². The minimum atomic E-state index is -0.358. The van der Waals surface area contributed by atoms with Gasteiger partial charge in [0, 0.05) is 41.7 Å². The third kappa shape index (κ3) is 6.27. The van der Waals surface area contributed by atoms with Crippen LogP contribution in [0.25, 0.3) is 0 Å². The zero-order valence-corrected chi connectivity index (χ0v) is 22.2. The number of amides is 2. The largest absolute Gasteiger partial charge is 0.385 e. The van der Waals surface area contributed by atoms with E-state index in [1.165, 1.54) is 17.0 Å². The van der Waals surface area contributed by atoms with Crippen molar-refractivity contribution in [3.63, 3.8) is 0 Å². The van der Waals surface area contributed by atoms with Crippen molar-refractivity contribution in [1.82, 2.24) is 9.80 Å². The molecule has 36 heavy (non-hydrogen) atoms. The van der Waals surface area contributed by atoms with Gasteiger partial charge in [-0.25, -0.2) is 4.39 Å². The van der Waals surface area contributed by atoms with Crippen LogP contribution in [0.1, 0.15) is 34.0 Å². The molecule has 3 aromatic rings. The van der Waals surface area contributed by atoms with E-state index < -0.39 is 0 Å². The number of hydrogen-bond acceptors (Lipinski definition) is 4. The molecule has 0 N–H and O–H groups in total. The molecule has 0 spiro atoms. The molecule has 5 nitrogen and oxygen atoms in total. The summed E-state index contributed by atoms with van der Waals surface area (Å²) < 4.78 is 18.5. The highest BCUT2D eigenvalue weighted by Gasteiger charge is 2.35. The molecule has 0 aliphatic carbocycles.